The number of hydrogen-bond donors (Lipinski definition) is 4. The van der Waals surface area contributed by atoms with Crippen LogP contribution in [0.1, 0.15) is 74.7 Å². The fourth-order valence-corrected chi connectivity index (χ4v) is 4.78. The van der Waals surface area contributed by atoms with E-state index in [0.29, 0.717) is 49.8 Å². The molecule has 2 aromatic carbocycles. The summed E-state index contributed by atoms with van der Waals surface area (Å²) in [6, 6.07) is 14.2. The van der Waals surface area contributed by atoms with E-state index in [1.807, 2.05) is 37.4 Å². The Labute approximate surface area is 224 Å². The molecule has 0 aliphatic heterocycles. The van der Waals surface area contributed by atoms with E-state index in [1.165, 1.54) is 0 Å². The number of Topliss-reactive ketones (excluding diaryl/α,β-unsaturated/α-hetero) is 2. The third-order valence-corrected chi connectivity index (χ3v) is 7.09. The predicted molar refractivity (Wildman–Crippen MR) is 150 cm³/mol. The third-order valence-electron chi connectivity index (χ3n) is 7.09. The van der Waals surface area contributed by atoms with Gasteiger partial charge in [0.2, 0.25) is 5.91 Å². The average Bonchev–Trinajstić information content (AvgIpc) is 3.34. The summed E-state index contributed by atoms with van der Waals surface area (Å²) < 4.78 is 0. The van der Waals surface area contributed by atoms with Crippen molar-refractivity contribution in [3.05, 3.63) is 65.9 Å². The summed E-state index contributed by atoms with van der Waals surface area (Å²) in [5.74, 6) is -0.310. The van der Waals surface area contributed by atoms with Crippen LogP contribution in [-0.4, -0.2) is 34.5 Å². The fraction of sp³-hybridized carbons (Fsp3) is 0.433. The van der Waals surface area contributed by atoms with E-state index in [9.17, 15) is 14.4 Å². The first kappa shape index (κ1) is 28.9. The van der Waals surface area contributed by atoms with E-state index in [-0.39, 0.29) is 29.4 Å². The number of hydrogen-bond acceptors (Lipinski definition) is 6. The van der Waals surface area contributed by atoms with Crippen LogP contribution in [0.5, 0.6) is 0 Å². The predicted octanol–water partition coefficient (Wildman–Crippen LogP) is 6.02. The number of H-pyrrole nitrogens is 1. The molecule has 1 heterocycles. The number of ketones is 2. The molecule has 1 amide bonds. The second-order valence-electron chi connectivity index (χ2n) is 9.98. The van der Waals surface area contributed by atoms with Crippen molar-refractivity contribution in [2.24, 2.45) is 16.8 Å². The Morgan fingerprint density at radius 3 is 2.50 bits per heavy atom. The van der Waals surface area contributed by atoms with Gasteiger partial charge in [0, 0.05) is 53.9 Å². The SMILES string of the molecule is CCC(=O)NC(Cc1c[nH]c2ccccc12)C(=O)CCCC(N)CCCC(C)C(=O)c1ccccc1N=N. The number of para-hydroxylation sites is 2. The number of aromatic nitrogens is 1. The molecule has 0 bridgehead atoms. The topological polar surface area (TPSA) is 141 Å². The summed E-state index contributed by atoms with van der Waals surface area (Å²) in [6.07, 6.45) is 6.66. The normalized spacial score (nSPS) is 13.6. The molecule has 3 unspecified atom stereocenters. The molecular weight excluding hydrogens is 478 g/mol. The minimum atomic E-state index is -0.567. The molecule has 3 aromatic rings. The van der Waals surface area contributed by atoms with Crippen LogP contribution in [0.4, 0.5) is 5.69 Å². The number of nitrogens with two attached hydrogens (primary N) is 1. The summed E-state index contributed by atoms with van der Waals surface area (Å²) in [5.41, 5.74) is 16.5. The maximum Gasteiger partial charge on any atom is 0.220 e. The Morgan fingerprint density at radius 2 is 1.74 bits per heavy atom. The van der Waals surface area contributed by atoms with E-state index < -0.39 is 6.04 Å². The molecule has 0 saturated carbocycles. The maximum absolute atomic E-state index is 13.1. The first-order chi connectivity index (χ1) is 18.3. The van der Waals surface area contributed by atoms with Gasteiger partial charge >= 0.3 is 0 Å². The highest BCUT2D eigenvalue weighted by Gasteiger charge is 2.22. The van der Waals surface area contributed by atoms with Gasteiger partial charge in [-0.15, -0.1) is 0 Å². The Hall–Kier alpha value is -3.65. The molecule has 3 atom stereocenters. The highest BCUT2D eigenvalue weighted by atomic mass is 16.2. The lowest BCUT2D eigenvalue weighted by Crippen LogP contribution is -2.42. The lowest BCUT2D eigenvalue weighted by Gasteiger charge is -2.18. The molecule has 5 N–H and O–H groups in total. The van der Waals surface area contributed by atoms with Gasteiger partial charge in [0.05, 0.1) is 11.7 Å². The smallest absolute Gasteiger partial charge is 0.220 e. The molecule has 3 rings (SSSR count). The van der Waals surface area contributed by atoms with Gasteiger partial charge in [0.25, 0.3) is 0 Å². The van der Waals surface area contributed by atoms with Crippen LogP contribution in [0, 0.1) is 11.4 Å². The zero-order chi connectivity index (χ0) is 27.5. The van der Waals surface area contributed by atoms with Crippen LogP contribution in [0.15, 0.2) is 59.8 Å². The van der Waals surface area contributed by atoms with Crippen molar-refractivity contribution in [1.29, 1.82) is 5.53 Å². The van der Waals surface area contributed by atoms with Crippen molar-refractivity contribution in [2.75, 3.05) is 0 Å². The molecule has 8 nitrogen and oxygen atoms in total. The Kier molecular flexibility index (Phi) is 10.9. The lowest BCUT2D eigenvalue weighted by atomic mass is 9.92. The van der Waals surface area contributed by atoms with Gasteiger partial charge in [0.1, 0.15) is 0 Å². The molecule has 0 saturated heterocycles. The van der Waals surface area contributed by atoms with Crippen LogP contribution >= 0.6 is 0 Å². The van der Waals surface area contributed by atoms with Gasteiger partial charge in [-0.25, -0.2) is 5.53 Å². The standard InChI is InChI=1S/C30H39N5O3/c1-3-29(37)34-27(18-21-19-33-25-15-6-4-13-23(21)25)28(36)17-9-12-22(31)11-8-10-20(2)30(38)24-14-5-7-16-26(24)35-32/h4-7,13-16,19-20,22,27,32-33H,3,8-12,17-18,31H2,1-2H3,(H,34,37). The first-order valence-corrected chi connectivity index (χ1v) is 13.5. The molecule has 1 aromatic heterocycles. The summed E-state index contributed by atoms with van der Waals surface area (Å²) in [6.45, 7) is 3.67. The van der Waals surface area contributed by atoms with Gasteiger partial charge < -0.3 is 16.0 Å². The summed E-state index contributed by atoms with van der Waals surface area (Å²) in [4.78, 5) is 41.2. The molecule has 0 radical (unpaired) electrons. The lowest BCUT2D eigenvalue weighted by molar-refractivity contribution is -0.127. The molecular formula is C30H39N5O3. The number of nitrogens with zero attached hydrogens (tertiary/aromatic N) is 1. The van der Waals surface area contributed by atoms with Crippen LogP contribution < -0.4 is 11.1 Å². The largest absolute Gasteiger partial charge is 0.361 e. The molecule has 0 aliphatic carbocycles. The Morgan fingerprint density at radius 1 is 1.03 bits per heavy atom. The van der Waals surface area contributed by atoms with Crippen molar-refractivity contribution in [1.82, 2.24) is 10.3 Å². The number of fused-ring (bicyclic) bond motifs is 1. The summed E-state index contributed by atoms with van der Waals surface area (Å²) in [7, 11) is 0. The molecule has 0 fully saturated rings. The van der Waals surface area contributed by atoms with Gasteiger partial charge in [-0.2, -0.15) is 5.11 Å². The molecule has 0 aliphatic rings. The number of amides is 1. The maximum atomic E-state index is 13.1. The molecule has 38 heavy (non-hydrogen) atoms. The van der Waals surface area contributed by atoms with Gasteiger partial charge in [-0.3, -0.25) is 14.4 Å². The van der Waals surface area contributed by atoms with E-state index in [0.717, 1.165) is 29.3 Å². The van der Waals surface area contributed by atoms with Gasteiger partial charge in [-0.1, -0.05) is 50.6 Å². The second-order valence-corrected chi connectivity index (χ2v) is 9.98. The minimum Gasteiger partial charge on any atom is -0.361 e. The van der Waals surface area contributed by atoms with Gasteiger partial charge in [0.15, 0.2) is 11.6 Å². The van der Waals surface area contributed by atoms with E-state index in [2.05, 4.69) is 15.4 Å². The molecule has 8 heteroatoms. The Balaban J connectivity index is 1.45. The second kappa shape index (κ2) is 14.3. The number of carbonyl (C=O) groups is 3. The average molecular weight is 518 g/mol. The van der Waals surface area contributed by atoms with Crippen LogP contribution in [0.25, 0.3) is 10.9 Å². The third kappa shape index (κ3) is 7.92. The Bertz CT molecular complexity index is 1250. The van der Waals surface area contributed by atoms with Crippen molar-refractivity contribution < 1.29 is 14.4 Å². The van der Waals surface area contributed by atoms with Crippen molar-refractivity contribution in [3.63, 3.8) is 0 Å². The number of benzene rings is 2. The van der Waals surface area contributed by atoms with E-state index in [1.54, 1.807) is 31.2 Å². The van der Waals surface area contributed by atoms with Crippen molar-refractivity contribution in [2.45, 2.75) is 77.3 Å². The number of aromatic amines is 1. The molecule has 0 spiro atoms. The molecule has 202 valence electrons. The first-order valence-electron chi connectivity index (χ1n) is 13.5. The van der Waals surface area contributed by atoms with Crippen molar-refractivity contribution in [3.8, 4) is 0 Å². The van der Waals surface area contributed by atoms with E-state index >= 15 is 0 Å². The van der Waals surface area contributed by atoms with E-state index in [4.69, 9.17) is 11.3 Å². The number of carbonyl (C=O) groups excluding carboxylic acids is 3. The van der Waals surface area contributed by atoms with Crippen LogP contribution in [0.3, 0.4) is 0 Å². The van der Waals surface area contributed by atoms with Crippen LogP contribution in [0.2, 0.25) is 0 Å². The minimum absolute atomic E-state index is 0.00821. The zero-order valence-electron chi connectivity index (χ0n) is 22.3. The van der Waals surface area contributed by atoms with Gasteiger partial charge in [-0.05, 0) is 49.4 Å². The summed E-state index contributed by atoms with van der Waals surface area (Å²) in [5, 5.41) is 7.42. The monoisotopic (exact) mass is 517 g/mol. The zero-order valence-corrected chi connectivity index (χ0v) is 22.3. The fourth-order valence-electron chi connectivity index (χ4n) is 4.78. The quantitative estimate of drug-likeness (QED) is 0.136. The highest BCUT2D eigenvalue weighted by molar-refractivity contribution is 6.01. The summed E-state index contributed by atoms with van der Waals surface area (Å²) >= 11 is 0. The van der Waals surface area contributed by atoms with Crippen LogP contribution in [-0.2, 0) is 16.0 Å². The van der Waals surface area contributed by atoms with Crippen molar-refractivity contribution >= 4 is 34.1 Å². The number of rotatable bonds is 16. The number of nitrogens with one attached hydrogen (secondary N) is 3. The highest BCUT2D eigenvalue weighted by Crippen LogP contribution is 2.24.